The molecule has 0 fully saturated rings. The van der Waals surface area contributed by atoms with Crippen LogP contribution in [0.15, 0.2) is 47.3 Å². The summed E-state index contributed by atoms with van der Waals surface area (Å²) in [5.41, 5.74) is 1.79. The monoisotopic (exact) mass is 258 g/mol. The van der Waals surface area contributed by atoms with Crippen molar-refractivity contribution in [1.29, 1.82) is 0 Å². The van der Waals surface area contributed by atoms with Gasteiger partial charge in [0.15, 0.2) is 0 Å². The van der Waals surface area contributed by atoms with Crippen molar-refractivity contribution < 1.29 is 9.32 Å². The number of hydrogen-bond acceptors (Lipinski definition) is 3. The molecule has 0 saturated heterocycles. The van der Waals surface area contributed by atoms with E-state index in [0.29, 0.717) is 18.0 Å². The van der Waals surface area contributed by atoms with Crippen LogP contribution >= 0.6 is 0 Å². The average molecular weight is 258 g/mol. The highest BCUT2D eigenvalue weighted by molar-refractivity contribution is 5.90. The second-order valence-corrected chi connectivity index (χ2v) is 4.93. The standard InChI is InChI=1S/C15H18N2O2/c1-11(2)14(12-6-4-3-5-7-12)8-15(18)17-13-9-16-19-10-13/h3-7,9-11,14H,8H2,1-2H3,(H,17,18). The lowest BCUT2D eigenvalue weighted by atomic mass is 9.85. The van der Waals surface area contributed by atoms with Crippen LogP contribution in [0.5, 0.6) is 0 Å². The molecule has 0 aliphatic rings. The van der Waals surface area contributed by atoms with Gasteiger partial charge in [-0.2, -0.15) is 0 Å². The molecule has 4 nitrogen and oxygen atoms in total. The minimum Gasteiger partial charge on any atom is -0.363 e. The summed E-state index contributed by atoms with van der Waals surface area (Å²) in [5, 5.41) is 6.34. The van der Waals surface area contributed by atoms with E-state index < -0.39 is 0 Å². The van der Waals surface area contributed by atoms with Gasteiger partial charge in [-0.05, 0) is 17.4 Å². The molecule has 1 amide bonds. The summed E-state index contributed by atoms with van der Waals surface area (Å²) < 4.78 is 4.69. The molecule has 100 valence electrons. The zero-order valence-electron chi connectivity index (χ0n) is 11.2. The minimum absolute atomic E-state index is 0.0225. The van der Waals surface area contributed by atoms with E-state index in [0.717, 1.165) is 0 Å². The Bertz CT molecular complexity index is 506. The van der Waals surface area contributed by atoms with E-state index in [1.165, 1.54) is 18.0 Å². The van der Waals surface area contributed by atoms with Gasteiger partial charge in [0, 0.05) is 6.42 Å². The topological polar surface area (TPSA) is 55.1 Å². The highest BCUT2D eigenvalue weighted by Crippen LogP contribution is 2.28. The van der Waals surface area contributed by atoms with Crippen LogP contribution in [0, 0.1) is 5.92 Å². The van der Waals surface area contributed by atoms with Crippen LogP contribution in [0.25, 0.3) is 0 Å². The molecule has 0 radical (unpaired) electrons. The van der Waals surface area contributed by atoms with Gasteiger partial charge in [0.25, 0.3) is 0 Å². The second-order valence-electron chi connectivity index (χ2n) is 4.93. The van der Waals surface area contributed by atoms with E-state index in [4.69, 9.17) is 0 Å². The van der Waals surface area contributed by atoms with Gasteiger partial charge in [-0.25, -0.2) is 0 Å². The zero-order valence-corrected chi connectivity index (χ0v) is 11.2. The molecule has 0 spiro atoms. The normalized spacial score (nSPS) is 12.4. The predicted octanol–water partition coefficient (Wildman–Crippen LogP) is 3.44. The van der Waals surface area contributed by atoms with Crippen molar-refractivity contribution in [2.75, 3.05) is 5.32 Å². The molecular formula is C15H18N2O2. The second kappa shape index (κ2) is 6.18. The van der Waals surface area contributed by atoms with Crippen molar-refractivity contribution in [3.05, 3.63) is 48.4 Å². The Labute approximate surface area is 112 Å². The third-order valence-corrected chi connectivity index (χ3v) is 3.15. The SMILES string of the molecule is CC(C)C(CC(=O)Nc1cnoc1)c1ccccc1. The van der Waals surface area contributed by atoms with Crippen LogP contribution in [0.3, 0.4) is 0 Å². The van der Waals surface area contributed by atoms with Crippen LogP contribution < -0.4 is 5.32 Å². The van der Waals surface area contributed by atoms with E-state index >= 15 is 0 Å². The van der Waals surface area contributed by atoms with Crippen molar-refractivity contribution in [3.8, 4) is 0 Å². The molecule has 0 aliphatic heterocycles. The van der Waals surface area contributed by atoms with Crippen molar-refractivity contribution >= 4 is 11.6 Å². The Hall–Kier alpha value is -2.10. The molecule has 1 heterocycles. The summed E-state index contributed by atoms with van der Waals surface area (Å²) in [7, 11) is 0. The lowest BCUT2D eigenvalue weighted by Crippen LogP contribution is -2.18. The molecule has 0 saturated carbocycles. The Morgan fingerprint density at radius 3 is 2.63 bits per heavy atom. The Balaban J connectivity index is 2.03. The molecule has 0 aliphatic carbocycles. The molecule has 4 heteroatoms. The molecule has 1 atom stereocenters. The van der Waals surface area contributed by atoms with Gasteiger partial charge in [0.1, 0.15) is 12.0 Å². The Kier molecular flexibility index (Phi) is 4.34. The van der Waals surface area contributed by atoms with E-state index in [1.54, 1.807) is 0 Å². The first-order chi connectivity index (χ1) is 9.16. The lowest BCUT2D eigenvalue weighted by Gasteiger charge is -2.20. The van der Waals surface area contributed by atoms with Gasteiger partial charge < -0.3 is 9.84 Å². The summed E-state index contributed by atoms with van der Waals surface area (Å²) in [6.07, 6.45) is 3.36. The number of aromatic nitrogens is 1. The fourth-order valence-corrected chi connectivity index (χ4v) is 2.12. The summed E-state index contributed by atoms with van der Waals surface area (Å²) in [5.74, 6) is 0.586. The van der Waals surface area contributed by atoms with Gasteiger partial charge in [-0.1, -0.05) is 49.3 Å². The first-order valence-corrected chi connectivity index (χ1v) is 6.41. The number of nitrogens with zero attached hydrogens (tertiary/aromatic N) is 1. The third kappa shape index (κ3) is 3.68. The largest absolute Gasteiger partial charge is 0.363 e. The Morgan fingerprint density at radius 1 is 1.32 bits per heavy atom. The van der Waals surface area contributed by atoms with E-state index in [-0.39, 0.29) is 11.8 Å². The first-order valence-electron chi connectivity index (χ1n) is 6.41. The maximum Gasteiger partial charge on any atom is 0.225 e. The molecule has 19 heavy (non-hydrogen) atoms. The molecule has 0 bridgehead atoms. The number of anilines is 1. The van der Waals surface area contributed by atoms with Crippen LogP contribution in [0.4, 0.5) is 5.69 Å². The van der Waals surface area contributed by atoms with Crippen molar-refractivity contribution in [1.82, 2.24) is 5.16 Å². The maximum atomic E-state index is 12.0. The summed E-state index contributed by atoms with van der Waals surface area (Å²) in [6.45, 7) is 4.26. The van der Waals surface area contributed by atoms with Gasteiger partial charge in [0.05, 0.1) is 6.20 Å². The smallest absolute Gasteiger partial charge is 0.225 e. The molecule has 1 unspecified atom stereocenters. The average Bonchev–Trinajstić information content (AvgIpc) is 2.89. The zero-order chi connectivity index (χ0) is 13.7. The number of carbonyl (C=O) groups excluding carboxylic acids is 1. The summed E-state index contributed by atoms with van der Waals surface area (Å²) in [6, 6.07) is 10.1. The van der Waals surface area contributed by atoms with Crippen LogP contribution in [-0.2, 0) is 4.79 Å². The molecule has 2 aromatic rings. The van der Waals surface area contributed by atoms with Gasteiger partial charge >= 0.3 is 0 Å². The molecular weight excluding hydrogens is 240 g/mol. The fraction of sp³-hybridized carbons (Fsp3) is 0.333. The first kappa shape index (κ1) is 13.3. The molecule has 1 N–H and O–H groups in total. The summed E-state index contributed by atoms with van der Waals surface area (Å²) in [4.78, 5) is 12.0. The maximum absolute atomic E-state index is 12.0. The van der Waals surface area contributed by atoms with Crippen molar-refractivity contribution in [2.45, 2.75) is 26.2 Å². The van der Waals surface area contributed by atoms with Crippen LogP contribution in [0.1, 0.15) is 31.7 Å². The molecule has 1 aromatic carbocycles. The van der Waals surface area contributed by atoms with E-state index in [9.17, 15) is 4.79 Å². The number of nitrogens with one attached hydrogen (secondary N) is 1. The number of rotatable bonds is 5. The van der Waals surface area contributed by atoms with Gasteiger partial charge in [-0.15, -0.1) is 0 Å². The summed E-state index contributed by atoms with van der Waals surface area (Å²) >= 11 is 0. The number of hydrogen-bond donors (Lipinski definition) is 1. The number of benzene rings is 1. The highest BCUT2D eigenvalue weighted by atomic mass is 16.5. The molecule has 1 aromatic heterocycles. The quantitative estimate of drug-likeness (QED) is 0.893. The van der Waals surface area contributed by atoms with E-state index in [1.807, 2.05) is 18.2 Å². The third-order valence-electron chi connectivity index (χ3n) is 3.15. The highest BCUT2D eigenvalue weighted by Gasteiger charge is 2.19. The van der Waals surface area contributed by atoms with Crippen molar-refractivity contribution in [3.63, 3.8) is 0 Å². The van der Waals surface area contributed by atoms with Gasteiger partial charge in [-0.3, -0.25) is 4.79 Å². The number of carbonyl (C=O) groups is 1. The van der Waals surface area contributed by atoms with Crippen LogP contribution in [-0.4, -0.2) is 11.1 Å². The number of amides is 1. The predicted molar refractivity (Wildman–Crippen MR) is 73.8 cm³/mol. The lowest BCUT2D eigenvalue weighted by molar-refractivity contribution is -0.116. The fourth-order valence-electron chi connectivity index (χ4n) is 2.12. The molecule has 2 rings (SSSR count). The van der Waals surface area contributed by atoms with E-state index in [2.05, 4.69) is 41.0 Å². The van der Waals surface area contributed by atoms with Crippen molar-refractivity contribution in [2.24, 2.45) is 5.92 Å². The minimum atomic E-state index is -0.0225. The Morgan fingerprint density at radius 2 is 2.05 bits per heavy atom. The van der Waals surface area contributed by atoms with Crippen LogP contribution in [0.2, 0.25) is 0 Å². The van der Waals surface area contributed by atoms with Gasteiger partial charge in [0.2, 0.25) is 5.91 Å².